The monoisotopic (exact) mass is 468 g/mol. The van der Waals surface area contributed by atoms with E-state index in [-0.39, 0.29) is 6.04 Å². The summed E-state index contributed by atoms with van der Waals surface area (Å²) in [6.07, 6.45) is -1.51. The molecule has 2 aromatic rings. The molecular formula is C21H32N4O6S. The SMILES string of the molecule is N[C@H](Cc1ccccc1)Cn1cc(COCCCSC2OC(CO)C(O)C(O)C2O)nn1. The van der Waals surface area contributed by atoms with Crippen LogP contribution in [0.25, 0.3) is 0 Å². The van der Waals surface area contributed by atoms with Gasteiger partial charge in [0.1, 0.15) is 35.5 Å². The molecule has 1 aliphatic rings. The minimum atomic E-state index is -1.35. The van der Waals surface area contributed by atoms with Gasteiger partial charge in [0.2, 0.25) is 0 Å². The number of ether oxygens (including phenoxy) is 2. The van der Waals surface area contributed by atoms with Crippen molar-refractivity contribution in [3.63, 3.8) is 0 Å². The van der Waals surface area contributed by atoms with Crippen LogP contribution in [0.5, 0.6) is 0 Å². The van der Waals surface area contributed by atoms with Crippen molar-refractivity contribution in [3.8, 4) is 0 Å². The van der Waals surface area contributed by atoms with Crippen LogP contribution in [0.4, 0.5) is 0 Å². The average molecular weight is 469 g/mol. The van der Waals surface area contributed by atoms with Crippen LogP contribution in [-0.4, -0.2) is 90.3 Å². The van der Waals surface area contributed by atoms with Crippen molar-refractivity contribution in [2.45, 2.75) is 61.9 Å². The molecule has 3 rings (SSSR count). The molecule has 11 heteroatoms. The van der Waals surface area contributed by atoms with E-state index < -0.39 is 36.5 Å². The van der Waals surface area contributed by atoms with Crippen LogP contribution in [0.1, 0.15) is 17.7 Å². The van der Waals surface area contributed by atoms with E-state index in [1.807, 2.05) is 24.4 Å². The van der Waals surface area contributed by atoms with Crippen LogP contribution >= 0.6 is 11.8 Å². The molecule has 1 aromatic heterocycles. The molecule has 1 saturated heterocycles. The maximum absolute atomic E-state index is 10.0. The second-order valence-electron chi connectivity index (χ2n) is 7.86. The molecule has 0 saturated carbocycles. The van der Waals surface area contributed by atoms with Crippen molar-refractivity contribution < 1.29 is 29.9 Å². The van der Waals surface area contributed by atoms with E-state index in [4.69, 9.17) is 15.2 Å². The van der Waals surface area contributed by atoms with Crippen LogP contribution in [0.15, 0.2) is 36.5 Å². The molecule has 0 radical (unpaired) electrons. The summed E-state index contributed by atoms with van der Waals surface area (Å²) in [5.74, 6) is 0.615. The summed E-state index contributed by atoms with van der Waals surface area (Å²) in [6.45, 7) is 0.948. The zero-order chi connectivity index (χ0) is 22.9. The Balaban J connectivity index is 1.30. The molecular weight excluding hydrogens is 436 g/mol. The van der Waals surface area contributed by atoms with E-state index in [9.17, 15) is 20.4 Å². The number of aromatic nitrogens is 3. The Morgan fingerprint density at radius 2 is 1.94 bits per heavy atom. The summed E-state index contributed by atoms with van der Waals surface area (Å²) in [5, 5.41) is 47.1. The van der Waals surface area contributed by atoms with Crippen molar-refractivity contribution in [2.24, 2.45) is 5.73 Å². The Labute approximate surface area is 191 Å². The van der Waals surface area contributed by atoms with Crippen molar-refractivity contribution in [3.05, 3.63) is 47.8 Å². The van der Waals surface area contributed by atoms with Crippen LogP contribution < -0.4 is 5.73 Å². The minimum absolute atomic E-state index is 0.0627. The summed E-state index contributed by atoms with van der Waals surface area (Å²) in [4.78, 5) is 0. The fraction of sp³-hybridized carbons (Fsp3) is 0.619. The third kappa shape index (κ3) is 7.22. The highest BCUT2D eigenvalue weighted by Crippen LogP contribution is 2.28. The van der Waals surface area contributed by atoms with Gasteiger partial charge in [0.25, 0.3) is 0 Å². The smallest absolute Gasteiger partial charge is 0.132 e. The second kappa shape index (κ2) is 12.6. The first-order valence-electron chi connectivity index (χ1n) is 10.7. The Kier molecular flexibility index (Phi) is 9.88. The van der Waals surface area contributed by atoms with Crippen molar-refractivity contribution in [2.75, 3.05) is 19.0 Å². The largest absolute Gasteiger partial charge is 0.394 e. The molecule has 178 valence electrons. The molecule has 6 N–H and O–H groups in total. The van der Waals surface area contributed by atoms with Crippen LogP contribution in [0.2, 0.25) is 0 Å². The summed E-state index contributed by atoms with van der Waals surface area (Å²) >= 11 is 1.31. The number of nitrogens with zero attached hydrogens (tertiary/aromatic N) is 3. The third-order valence-electron chi connectivity index (χ3n) is 5.16. The second-order valence-corrected chi connectivity index (χ2v) is 9.06. The Hall–Kier alpha value is -1.57. The topological polar surface area (TPSA) is 156 Å². The zero-order valence-corrected chi connectivity index (χ0v) is 18.6. The fourth-order valence-electron chi connectivity index (χ4n) is 3.46. The number of benzene rings is 1. The van der Waals surface area contributed by atoms with Crippen molar-refractivity contribution in [1.29, 1.82) is 0 Å². The summed E-state index contributed by atoms with van der Waals surface area (Å²) < 4.78 is 12.8. The van der Waals surface area contributed by atoms with E-state index in [0.29, 0.717) is 31.9 Å². The Bertz CT molecular complexity index is 796. The predicted octanol–water partition coefficient (Wildman–Crippen LogP) is -0.712. The van der Waals surface area contributed by atoms with Gasteiger partial charge < -0.3 is 35.6 Å². The van der Waals surface area contributed by atoms with Gasteiger partial charge in [0.15, 0.2) is 0 Å². The lowest BCUT2D eigenvalue weighted by atomic mass is 10.0. The first-order valence-corrected chi connectivity index (χ1v) is 11.7. The van der Waals surface area contributed by atoms with Gasteiger partial charge in [-0.05, 0) is 24.2 Å². The maximum atomic E-state index is 10.0. The molecule has 32 heavy (non-hydrogen) atoms. The van der Waals surface area contributed by atoms with Gasteiger partial charge in [-0.1, -0.05) is 35.5 Å². The number of rotatable bonds is 12. The number of aliphatic hydroxyl groups is 4. The molecule has 10 nitrogen and oxygen atoms in total. The number of hydrogen-bond donors (Lipinski definition) is 5. The van der Waals surface area contributed by atoms with E-state index in [1.165, 1.54) is 17.3 Å². The molecule has 0 bridgehead atoms. The maximum Gasteiger partial charge on any atom is 0.132 e. The number of nitrogens with two attached hydrogens (primary N) is 1. The van der Waals surface area contributed by atoms with Crippen LogP contribution in [-0.2, 0) is 29.0 Å². The Morgan fingerprint density at radius 1 is 1.16 bits per heavy atom. The van der Waals surface area contributed by atoms with Crippen molar-refractivity contribution in [1.82, 2.24) is 15.0 Å². The lowest BCUT2D eigenvalue weighted by molar-refractivity contribution is -0.205. The van der Waals surface area contributed by atoms with E-state index in [2.05, 4.69) is 22.4 Å². The normalized spacial score (nSPS) is 26.8. The average Bonchev–Trinajstić information content (AvgIpc) is 3.23. The van der Waals surface area contributed by atoms with Gasteiger partial charge in [0.05, 0.1) is 26.0 Å². The zero-order valence-electron chi connectivity index (χ0n) is 17.8. The van der Waals surface area contributed by atoms with Gasteiger partial charge in [0, 0.05) is 12.6 Å². The number of aliphatic hydroxyl groups excluding tert-OH is 4. The van der Waals surface area contributed by atoms with E-state index in [1.54, 1.807) is 4.68 Å². The molecule has 5 unspecified atom stereocenters. The van der Waals surface area contributed by atoms with Gasteiger partial charge in [-0.15, -0.1) is 16.9 Å². The van der Waals surface area contributed by atoms with Gasteiger partial charge >= 0.3 is 0 Å². The fourth-order valence-corrected chi connectivity index (χ4v) is 4.55. The molecule has 0 aliphatic carbocycles. The molecule has 0 amide bonds. The molecule has 1 aliphatic heterocycles. The predicted molar refractivity (Wildman–Crippen MR) is 119 cm³/mol. The van der Waals surface area contributed by atoms with Crippen molar-refractivity contribution >= 4 is 11.8 Å². The molecule has 6 atom stereocenters. The molecule has 1 aromatic carbocycles. The number of thioether (sulfide) groups is 1. The van der Waals surface area contributed by atoms with E-state index >= 15 is 0 Å². The number of hydrogen-bond acceptors (Lipinski definition) is 10. The van der Waals surface area contributed by atoms with Crippen LogP contribution in [0.3, 0.4) is 0 Å². The highest BCUT2D eigenvalue weighted by molar-refractivity contribution is 7.99. The summed E-state index contributed by atoms with van der Waals surface area (Å²) in [7, 11) is 0. The molecule has 2 heterocycles. The lowest BCUT2D eigenvalue weighted by Gasteiger charge is -2.39. The third-order valence-corrected chi connectivity index (χ3v) is 6.40. The standard InChI is InChI=1S/C21H32N4O6S/c22-15(9-14-5-2-1-3-6-14)10-25-11-16(23-24-25)13-30-7-4-8-32-21-20(29)19(28)18(27)17(12-26)31-21/h1-3,5-6,11,15,17-21,26-29H,4,7-10,12-13,22H2/t15-,17?,18?,19?,20?,21?/m1/s1. The van der Waals surface area contributed by atoms with Gasteiger partial charge in [-0.2, -0.15) is 0 Å². The van der Waals surface area contributed by atoms with E-state index in [0.717, 1.165) is 12.1 Å². The van der Waals surface area contributed by atoms with Crippen LogP contribution in [0, 0.1) is 0 Å². The summed E-state index contributed by atoms with van der Waals surface area (Å²) in [6, 6.07) is 10.0. The molecule has 1 fully saturated rings. The highest BCUT2D eigenvalue weighted by atomic mass is 32.2. The molecule has 0 spiro atoms. The lowest BCUT2D eigenvalue weighted by Crippen LogP contribution is -2.57. The summed E-state index contributed by atoms with van der Waals surface area (Å²) in [5.41, 5.74) is 7.40. The minimum Gasteiger partial charge on any atom is -0.394 e. The Morgan fingerprint density at radius 3 is 2.69 bits per heavy atom. The van der Waals surface area contributed by atoms with Gasteiger partial charge in [-0.3, -0.25) is 4.68 Å². The first-order chi connectivity index (χ1) is 15.5. The quantitative estimate of drug-likeness (QED) is 0.252. The van der Waals surface area contributed by atoms with Gasteiger partial charge in [-0.25, -0.2) is 0 Å². The highest BCUT2D eigenvalue weighted by Gasteiger charge is 2.43. The first kappa shape index (κ1) is 25.1.